The average molecular weight is 452 g/mol. The lowest BCUT2D eigenvalue weighted by molar-refractivity contribution is -0.143. The summed E-state index contributed by atoms with van der Waals surface area (Å²) in [6.45, 7) is -1.74. The van der Waals surface area contributed by atoms with Gasteiger partial charge < -0.3 is 42.7 Å². The van der Waals surface area contributed by atoms with Gasteiger partial charge >= 0.3 is 5.97 Å². The topological polar surface area (TPSA) is 234 Å². The van der Waals surface area contributed by atoms with Gasteiger partial charge in [0.15, 0.2) is 0 Å². The molecule has 0 radical (unpaired) electrons. The number of aliphatic carboxylic acids is 1. The number of carbonyl (C=O) groups excluding carboxylic acids is 4. The lowest BCUT2D eigenvalue weighted by atomic mass is 10.1. The molecule has 14 heteroatoms. The molecule has 0 aliphatic rings. The Labute approximate surface area is 177 Å². The van der Waals surface area contributed by atoms with Crippen LogP contribution in [0.4, 0.5) is 0 Å². The van der Waals surface area contributed by atoms with Crippen molar-refractivity contribution in [3.05, 3.63) is 0 Å². The minimum Gasteiger partial charge on any atom is -0.480 e. The third kappa shape index (κ3) is 10.4. The summed E-state index contributed by atoms with van der Waals surface area (Å²) in [6, 6.07) is -5.30. The number of hydrogen-bond donors (Lipinski definition) is 8. The number of thioether (sulfide) groups is 1. The zero-order chi connectivity index (χ0) is 23.3. The summed E-state index contributed by atoms with van der Waals surface area (Å²) >= 11 is 1.40. The second-order valence-corrected chi connectivity index (χ2v) is 7.27. The Morgan fingerprint density at radius 2 is 1.37 bits per heavy atom. The molecule has 0 aromatic carbocycles. The van der Waals surface area contributed by atoms with Crippen LogP contribution in [0.5, 0.6) is 0 Å². The Morgan fingerprint density at radius 3 is 1.83 bits per heavy atom. The molecule has 172 valence electrons. The van der Waals surface area contributed by atoms with Crippen molar-refractivity contribution in [2.45, 2.75) is 43.4 Å². The van der Waals surface area contributed by atoms with Crippen molar-refractivity contribution in [3.8, 4) is 0 Å². The molecule has 10 N–H and O–H groups in total. The van der Waals surface area contributed by atoms with Gasteiger partial charge in [0.2, 0.25) is 23.6 Å². The number of aliphatic hydroxyl groups is 2. The average Bonchev–Trinajstić information content (AvgIpc) is 2.70. The van der Waals surface area contributed by atoms with Crippen LogP contribution in [0.2, 0.25) is 0 Å². The van der Waals surface area contributed by atoms with Gasteiger partial charge in [0.25, 0.3) is 0 Å². The number of nitrogens with one attached hydrogen (secondary N) is 3. The Bertz CT molecular complexity index is 620. The van der Waals surface area contributed by atoms with Gasteiger partial charge in [-0.05, 0) is 24.9 Å². The number of hydrogen-bond acceptors (Lipinski definition) is 9. The second kappa shape index (κ2) is 14.5. The zero-order valence-electron chi connectivity index (χ0n) is 16.5. The minimum absolute atomic E-state index is 0.0164. The van der Waals surface area contributed by atoms with Crippen molar-refractivity contribution in [2.75, 3.05) is 25.2 Å². The number of carboxylic acids is 1. The van der Waals surface area contributed by atoms with Gasteiger partial charge in [-0.2, -0.15) is 11.8 Å². The SMILES string of the molecule is CSCCC(NC(=O)C(N)CCC(N)=O)C(=O)NC(CO)C(=O)NC(CO)C(=O)O. The molecule has 0 heterocycles. The van der Waals surface area contributed by atoms with Crippen LogP contribution in [-0.4, -0.2) is 94.3 Å². The summed E-state index contributed by atoms with van der Waals surface area (Å²) in [5.41, 5.74) is 10.7. The summed E-state index contributed by atoms with van der Waals surface area (Å²) in [7, 11) is 0. The molecule has 30 heavy (non-hydrogen) atoms. The molecule has 0 aliphatic carbocycles. The molecule has 4 atom stereocenters. The van der Waals surface area contributed by atoms with Crippen LogP contribution in [0, 0.1) is 0 Å². The van der Waals surface area contributed by atoms with Gasteiger partial charge in [0.1, 0.15) is 18.1 Å². The van der Waals surface area contributed by atoms with E-state index in [1.807, 2.05) is 5.32 Å². The normalized spacial score (nSPS) is 14.7. The van der Waals surface area contributed by atoms with E-state index in [-0.39, 0.29) is 19.3 Å². The van der Waals surface area contributed by atoms with Gasteiger partial charge in [0.05, 0.1) is 19.3 Å². The van der Waals surface area contributed by atoms with Crippen molar-refractivity contribution in [2.24, 2.45) is 11.5 Å². The molecule has 0 bridgehead atoms. The number of nitrogens with two attached hydrogens (primary N) is 2. The number of carboxylic acid groups (broad SMARTS) is 1. The molecular weight excluding hydrogens is 422 g/mol. The first-order valence-corrected chi connectivity index (χ1v) is 10.3. The van der Waals surface area contributed by atoms with Gasteiger partial charge in [-0.1, -0.05) is 0 Å². The van der Waals surface area contributed by atoms with E-state index in [1.54, 1.807) is 6.26 Å². The van der Waals surface area contributed by atoms with E-state index < -0.39 is 67.0 Å². The fraction of sp³-hybridized carbons (Fsp3) is 0.688. The lowest BCUT2D eigenvalue weighted by Gasteiger charge is -2.24. The summed E-state index contributed by atoms with van der Waals surface area (Å²) in [5.74, 6) is -4.19. The van der Waals surface area contributed by atoms with E-state index >= 15 is 0 Å². The molecule has 0 rings (SSSR count). The first-order valence-electron chi connectivity index (χ1n) is 8.95. The van der Waals surface area contributed by atoms with Gasteiger partial charge in [-0.25, -0.2) is 4.79 Å². The second-order valence-electron chi connectivity index (χ2n) is 6.28. The maximum absolute atomic E-state index is 12.5. The summed E-state index contributed by atoms with van der Waals surface area (Å²) in [4.78, 5) is 58.5. The molecule has 0 saturated carbocycles. The smallest absolute Gasteiger partial charge is 0.328 e. The third-order valence-electron chi connectivity index (χ3n) is 3.89. The predicted octanol–water partition coefficient (Wildman–Crippen LogP) is -4.14. The molecule has 0 saturated heterocycles. The van der Waals surface area contributed by atoms with Crippen LogP contribution >= 0.6 is 11.8 Å². The fourth-order valence-electron chi connectivity index (χ4n) is 2.14. The number of primary amides is 1. The highest BCUT2D eigenvalue weighted by atomic mass is 32.2. The highest BCUT2D eigenvalue weighted by Gasteiger charge is 2.29. The molecule has 0 aromatic heterocycles. The molecule has 0 spiro atoms. The Balaban J connectivity index is 5.09. The maximum atomic E-state index is 12.5. The standard InChI is InChI=1S/C16H29N5O8S/c1-30-5-4-9(19-13(25)8(17)2-3-12(18)24)14(26)20-10(6-22)15(27)21-11(7-23)16(28)29/h8-11,22-23H,2-7,17H2,1H3,(H2,18,24)(H,19,25)(H,20,26)(H,21,27)(H,28,29). The predicted molar refractivity (Wildman–Crippen MR) is 107 cm³/mol. The van der Waals surface area contributed by atoms with Gasteiger partial charge in [-0.15, -0.1) is 0 Å². The Kier molecular flexibility index (Phi) is 13.4. The van der Waals surface area contributed by atoms with Crippen molar-refractivity contribution >= 4 is 41.4 Å². The van der Waals surface area contributed by atoms with Crippen LogP contribution in [0.3, 0.4) is 0 Å². The van der Waals surface area contributed by atoms with Crippen LogP contribution < -0.4 is 27.4 Å². The van der Waals surface area contributed by atoms with E-state index in [0.717, 1.165) is 0 Å². The first-order chi connectivity index (χ1) is 14.1. The largest absolute Gasteiger partial charge is 0.480 e. The van der Waals surface area contributed by atoms with Crippen molar-refractivity contribution in [3.63, 3.8) is 0 Å². The van der Waals surface area contributed by atoms with E-state index in [1.165, 1.54) is 11.8 Å². The van der Waals surface area contributed by atoms with Crippen molar-refractivity contribution in [1.82, 2.24) is 16.0 Å². The van der Waals surface area contributed by atoms with Gasteiger partial charge in [-0.3, -0.25) is 19.2 Å². The molecule has 13 nitrogen and oxygen atoms in total. The highest BCUT2D eigenvalue weighted by Crippen LogP contribution is 2.04. The van der Waals surface area contributed by atoms with Gasteiger partial charge in [0, 0.05) is 6.42 Å². The van der Waals surface area contributed by atoms with E-state index in [9.17, 15) is 29.1 Å². The van der Waals surface area contributed by atoms with Crippen LogP contribution in [0.15, 0.2) is 0 Å². The van der Waals surface area contributed by atoms with Crippen LogP contribution in [-0.2, 0) is 24.0 Å². The first kappa shape index (κ1) is 27.6. The zero-order valence-corrected chi connectivity index (χ0v) is 17.3. The maximum Gasteiger partial charge on any atom is 0.328 e. The Hall–Kier alpha value is -2.42. The van der Waals surface area contributed by atoms with E-state index in [4.69, 9.17) is 21.7 Å². The summed E-state index contributed by atoms with van der Waals surface area (Å²) in [5, 5.41) is 33.8. The van der Waals surface area contributed by atoms with E-state index in [2.05, 4.69) is 10.6 Å². The highest BCUT2D eigenvalue weighted by molar-refractivity contribution is 7.98. The summed E-state index contributed by atoms with van der Waals surface area (Å²) < 4.78 is 0. The molecule has 0 aromatic rings. The fourth-order valence-corrected chi connectivity index (χ4v) is 2.61. The molecule has 0 fully saturated rings. The monoisotopic (exact) mass is 451 g/mol. The minimum atomic E-state index is -1.61. The number of rotatable bonds is 15. The number of amides is 4. The molecule has 4 amide bonds. The lowest BCUT2D eigenvalue weighted by Crippen LogP contribution is -2.58. The molecular formula is C16H29N5O8S. The number of aliphatic hydroxyl groups excluding tert-OH is 2. The molecule has 0 aliphatic heterocycles. The number of carbonyl (C=O) groups is 5. The van der Waals surface area contributed by atoms with Crippen LogP contribution in [0.1, 0.15) is 19.3 Å². The molecule has 4 unspecified atom stereocenters. The Morgan fingerprint density at radius 1 is 0.867 bits per heavy atom. The van der Waals surface area contributed by atoms with Crippen LogP contribution in [0.25, 0.3) is 0 Å². The van der Waals surface area contributed by atoms with E-state index in [0.29, 0.717) is 5.75 Å². The third-order valence-corrected chi connectivity index (χ3v) is 4.54. The quantitative estimate of drug-likeness (QED) is 0.120. The van der Waals surface area contributed by atoms with Crippen molar-refractivity contribution < 1.29 is 39.3 Å². The summed E-state index contributed by atoms with van der Waals surface area (Å²) in [6.07, 6.45) is 1.83. The van der Waals surface area contributed by atoms with Crippen molar-refractivity contribution in [1.29, 1.82) is 0 Å².